The quantitative estimate of drug-likeness (QED) is 0.273. The first-order valence-electron chi connectivity index (χ1n) is 7.68. The normalized spacial score (nSPS) is 15.9. The second-order valence-electron chi connectivity index (χ2n) is 5.43. The summed E-state index contributed by atoms with van der Waals surface area (Å²) in [7, 11) is -8.35. The second kappa shape index (κ2) is 11.3. The van der Waals surface area contributed by atoms with Crippen LogP contribution in [0.5, 0.6) is 0 Å². The van der Waals surface area contributed by atoms with Gasteiger partial charge >= 0.3 is 0 Å². The first-order chi connectivity index (χ1) is 12.0. The lowest BCUT2D eigenvalue weighted by Gasteiger charge is -2.37. The maximum Gasteiger partial charge on any atom is 0.136 e. The molecule has 1 heterocycles. The fourth-order valence-electron chi connectivity index (χ4n) is 2.04. The van der Waals surface area contributed by atoms with Crippen molar-refractivity contribution in [3.8, 4) is 0 Å². The van der Waals surface area contributed by atoms with Gasteiger partial charge in [-0.2, -0.15) is 0 Å². The number of piperazine rings is 1. The molecule has 26 heavy (non-hydrogen) atoms. The first kappa shape index (κ1) is 24.3. The molecule has 0 saturated carbocycles. The van der Waals surface area contributed by atoms with Crippen LogP contribution >= 0.6 is 48.0 Å². The van der Waals surface area contributed by atoms with E-state index in [0.29, 0.717) is 46.3 Å². The van der Waals surface area contributed by atoms with Gasteiger partial charge in [-0.3, -0.25) is 0 Å². The maximum absolute atomic E-state index is 10.5. The van der Waals surface area contributed by atoms with Crippen molar-refractivity contribution in [2.24, 2.45) is 0 Å². The fraction of sp³-hybridized carbons (Fsp3) is 0.833. The van der Waals surface area contributed by atoms with Crippen molar-refractivity contribution >= 4 is 76.8 Å². The van der Waals surface area contributed by atoms with E-state index in [1.54, 1.807) is 0 Å². The summed E-state index contributed by atoms with van der Waals surface area (Å²) in [6.07, 6.45) is 0.548. The molecule has 1 fully saturated rings. The van der Waals surface area contributed by atoms with Gasteiger partial charge in [0.1, 0.15) is 8.64 Å². The average Bonchev–Trinajstić information content (AvgIpc) is 2.53. The summed E-state index contributed by atoms with van der Waals surface area (Å²) in [5.74, 6) is 0.208. The zero-order valence-corrected chi connectivity index (χ0v) is 18.8. The summed E-state index contributed by atoms with van der Waals surface area (Å²) in [6, 6.07) is 0. The monoisotopic (exact) mass is 480 g/mol. The summed E-state index contributed by atoms with van der Waals surface area (Å²) >= 11 is 13.4. The standard InChI is InChI=1S/C12H22N2O6S6/c15-25(16,17)9-1-7-23-11(21)13-3-5-14(6-4-13)12(22)24-8-2-10-26(18,19)20/h1-10H2,(H,15,16,17)(H,18,19,20)/p-2. The van der Waals surface area contributed by atoms with Crippen LogP contribution in [0.3, 0.4) is 0 Å². The van der Waals surface area contributed by atoms with Crippen LogP contribution in [0.4, 0.5) is 0 Å². The van der Waals surface area contributed by atoms with Crippen LogP contribution < -0.4 is 0 Å². The smallest absolute Gasteiger partial charge is 0.136 e. The highest BCUT2D eigenvalue weighted by Gasteiger charge is 2.20. The molecule has 1 saturated heterocycles. The molecule has 1 aliphatic rings. The number of hydrogen-bond donors (Lipinski definition) is 0. The predicted octanol–water partition coefficient (Wildman–Crippen LogP) is 0.511. The van der Waals surface area contributed by atoms with Crippen LogP contribution in [-0.4, -0.2) is 93.6 Å². The Bertz CT molecular complexity index is 627. The molecule has 0 atom stereocenters. The van der Waals surface area contributed by atoms with Crippen molar-refractivity contribution in [1.29, 1.82) is 0 Å². The lowest BCUT2D eigenvalue weighted by molar-refractivity contribution is 0.271. The van der Waals surface area contributed by atoms with Crippen molar-refractivity contribution in [2.45, 2.75) is 12.8 Å². The SMILES string of the molecule is O=S(=O)([O-])CCCSC(=S)N1CCN(C(=S)SCCCS(=O)(=O)[O-])CC1. The van der Waals surface area contributed by atoms with Crippen LogP contribution in [0, 0.1) is 0 Å². The molecule has 14 heteroatoms. The molecule has 152 valence electrons. The van der Waals surface area contributed by atoms with E-state index in [1.807, 2.05) is 9.80 Å². The van der Waals surface area contributed by atoms with E-state index in [-0.39, 0.29) is 24.3 Å². The van der Waals surface area contributed by atoms with Crippen molar-refractivity contribution in [2.75, 3.05) is 49.2 Å². The highest BCUT2D eigenvalue weighted by atomic mass is 32.2. The van der Waals surface area contributed by atoms with Gasteiger partial charge in [0.15, 0.2) is 0 Å². The van der Waals surface area contributed by atoms with E-state index in [4.69, 9.17) is 24.4 Å². The molecule has 0 aromatic rings. The first-order valence-corrected chi connectivity index (χ1v) is 13.6. The molecule has 0 amide bonds. The largest absolute Gasteiger partial charge is 0.748 e. The van der Waals surface area contributed by atoms with Crippen molar-refractivity contribution in [1.82, 2.24) is 9.80 Å². The van der Waals surface area contributed by atoms with Gasteiger partial charge < -0.3 is 18.9 Å². The van der Waals surface area contributed by atoms with Crippen LogP contribution in [0.25, 0.3) is 0 Å². The summed E-state index contributed by atoms with van der Waals surface area (Å²) < 4.78 is 64.6. The van der Waals surface area contributed by atoms with Gasteiger partial charge in [0, 0.05) is 49.2 Å². The molecule has 0 bridgehead atoms. The van der Waals surface area contributed by atoms with Gasteiger partial charge in [-0.1, -0.05) is 48.0 Å². The van der Waals surface area contributed by atoms with Gasteiger partial charge in [-0.25, -0.2) is 16.8 Å². The molecular weight excluding hydrogens is 461 g/mol. The predicted molar refractivity (Wildman–Crippen MR) is 112 cm³/mol. The Morgan fingerprint density at radius 3 is 1.35 bits per heavy atom. The molecule has 0 N–H and O–H groups in total. The summed E-state index contributed by atoms with van der Waals surface area (Å²) in [5.41, 5.74) is 0. The Kier molecular flexibility index (Phi) is 10.6. The molecule has 0 unspecified atom stereocenters. The van der Waals surface area contributed by atoms with Gasteiger partial charge in [-0.05, 0) is 12.8 Å². The van der Waals surface area contributed by atoms with Gasteiger partial charge in [0.2, 0.25) is 0 Å². The fourth-order valence-corrected chi connectivity index (χ4v) is 5.93. The lowest BCUT2D eigenvalue weighted by atomic mass is 10.4. The molecule has 0 aromatic carbocycles. The van der Waals surface area contributed by atoms with Crippen LogP contribution in [0.15, 0.2) is 0 Å². The Balaban J connectivity index is 2.22. The van der Waals surface area contributed by atoms with E-state index < -0.39 is 20.2 Å². The summed E-state index contributed by atoms with van der Waals surface area (Å²) in [5, 5.41) is 0. The topological polar surface area (TPSA) is 121 Å². The minimum absolute atomic E-state index is 0.274. The molecule has 1 rings (SSSR count). The molecule has 0 aliphatic carbocycles. The number of thiocarbonyl (C=S) groups is 2. The van der Waals surface area contributed by atoms with Gasteiger partial charge in [0.05, 0.1) is 20.2 Å². The van der Waals surface area contributed by atoms with E-state index in [9.17, 15) is 25.9 Å². The maximum atomic E-state index is 10.5. The van der Waals surface area contributed by atoms with E-state index in [2.05, 4.69) is 0 Å². The molecule has 8 nitrogen and oxygen atoms in total. The lowest BCUT2D eigenvalue weighted by Crippen LogP contribution is -2.48. The number of hydrogen-bond acceptors (Lipinski definition) is 10. The minimum Gasteiger partial charge on any atom is -0.748 e. The van der Waals surface area contributed by atoms with Gasteiger partial charge in [-0.15, -0.1) is 0 Å². The Labute approximate surface area is 173 Å². The Morgan fingerprint density at radius 2 is 1.08 bits per heavy atom. The van der Waals surface area contributed by atoms with E-state index >= 15 is 0 Å². The molecular formula is C12H20N2O6S6-2. The van der Waals surface area contributed by atoms with Crippen molar-refractivity contribution in [3.63, 3.8) is 0 Å². The highest BCUT2D eigenvalue weighted by molar-refractivity contribution is 8.23. The summed E-state index contributed by atoms with van der Waals surface area (Å²) in [4.78, 5) is 4.03. The van der Waals surface area contributed by atoms with E-state index in [1.165, 1.54) is 23.5 Å². The summed E-state index contributed by atoms with van der Waals surface area (Å²) in [6.45, 7) is 2.73. The third-order valence-corrected chi connectivity index (χ3v) is 8.12. The zero-order chi connectivity index (χ0) is 19.8. The number of thioether (sulfide) groups is 2. The third-order valence-electron chi connectivity index (χ3n) is 3.32. The molecule has 0 aromatic heterocycles. The number of rotatable bonds is 8. The van der Waals surface area contributed by atoms with Crippen LogP contribution in [0.1, 0.15) is 12.8 Å². The van der Waals surface area contributed by atoms with Crippen molar-refractivity contribution < 1.29 is 25.9 Å². The molecule has 0 radical (unpaired) electrons. The van der Waals surface area contributed by atoms with Gasteiger partial charge in [0.25, 0.3) is 0 Å². The second-order valence-corrected chi connectivity index (χ2v) is 11.9. The van der Waals surface area contributed by atoms with E-state index in [0.717, 1.165) is 0 Å². The molecule has 1 aliphatic heterocycles. The number of nitrogens with zero attached hydrogens (tertiary/aromatic N) is 2. The Morgan fingerprint density at radius 1 is 0.769 bits per heavy atom. The zero-order valence-electron chi connectivity index (χ0n) is 13.9. The van der Waals surface area contributed by atoms with Crippen LogP contribution in [-0.2, 0) is 20.2 Å². The minimum atomic E-state index is -4.18. The third kappa shape index (κ3) is 11.2. The van der Waals surface area contributed by atoms with Crippen molar-refractivity contribution in [3.05, 3.63) is 0 Å². The van der Waals surface area contributed by atoms with Crippen LogP contribution in [0.2, 0.25) is 0 Å². The Hall–Kier alpha value is 0.300. The molecule has 0 spiro atoms. The average molecular weight is 481 g/mol. The highest BCUT2D eigenvalue weighted by Crippen LogP contribution is 2.17.